The van der Waals surface area contributed by atoms with E-state index >= 15 is 0 Å². The SMILES string of the molecule is NC[C@H]1CCC[C@H]1C(=O)Nc1cc(C(F)(F)F)ccc1N1CCCC1. The Morgan fingerprint density at radius 3 is 2.56 bits per heavy atom. The molecule has 138 valence electrons. The molecule has 1 aromatic rings. The van der Waals surface area contributed by atoms with Crippen molar-refractivity contribution >= 4 is 17.3 Å². The number of amides is 1. The molecule has 25 heavy (non-hydrogen) atoms. The van der Waals surface area contributed by atoms with Crippen molar-refractivity contribution in [1.82, 2.24) is 0 Å². The Balaban J connectivity index is 1.87. The smallest absolute Gasteiger partial charge is 0.370 e. The topological polar surface area (TPSA) is 58.4 Å². The maximum absolute atomic E-state index is 13.1. The minimum Gasteiger partial charge on any atom is -0.370 e. The van der Waals surface area contributed by atoms with Crippen LogP contribution in [0.25, 0.3) is 0 Å². The molecule has 4 nitrogen and oxygen atoms in total. The van der Waals surface area contributed by atoms with Gasteiger partial charge in [-0.3, -0.25) is 4.79 Å². The fraction of sp³-hybridized carbons (Fsp3) is 0.611. The van der Waals surface area contributed by atoms with Crippen LogP contribution in [0.5, 0.6) is 0 Å². The summed E-state index contributed by atoms with van der Waals surface area (Å²) in [5, 5.41) is 2.77. The van der Waals surface area contributed by atoms with Gasteiger partial charge in [-0.1, -0.05) is 6.42 Å². The summed E-state index contributed by atoms with van der Waals surface area (Å²) in [6.07, 6.45) is 0.151. The van der Waals surface area contributed by atoms with Crippen LogP contribution in [-0.2, 0) is 11.0 Å². The molecule has 3 N–H and O–H groups in total. The maximum atomic E-state index is 13.1. The van der Waals surface area contributed by atoms with Gasteiger partial charge < -0.3 is 16.0 Å². The molecule has 1 heterocycles. The van der Waals surface area contributed by atoms with Gasteiger partial charge in [0.05, 0.1) is 16.9 Å². The first-order valence-corrected chi connectivity index (χ1v) is 8.87. The highest BCUT2D eigenvalue weighted by molar-refractivity contribution is 5.96. The molecule has 3 rings (SSSR count). The molecule has 1 aliphatic heterocycles. The van der Waals surface area contributed by atoms with E-state index in [2.05, 4.69) is 5.32 Å². The molecule has 1 aromatic carbocycles. The zero-order valence-corrected chi connectivity index (χ0v) is 14.1. The number of halogens is 3. The first-order valence-electron chi connectivity index (χ1n) is 8.87. The van der Waals surface area contributed by atoms with Crippen molar-refractivity contribution in [2.45, 2.75) is 38.3 Å². The summed E-state index contributed by atoms with van der Waals surface area (Å²) in [6.45, 7) is 2.02. The molecule has 0 unspecified atom stereocenters. The molecule has 0 radical (unpaired) electrons. The number of hydrogen-bond donors (Lipinski definition) is 2. The number of rotatable bonds is 4. The lowest BCUT2D eigenvalue weighted by Crippen LogP contribution is -2.30. The molecule has 0 spiro atoms. The van der Waals surface area contributed by atoms with Crippen molar-refractivity contribution in [3.05, 3.63) is 23.8 Å². The van der Waals surface area contributed by atoms with E-state index in [4.69, 9.17) is 5.73 Å². The van der Waals surface area contributed by atoms with E-state index in [0.29, 0.717) is 12.2 Å². The van der Waals surface area contributed by atoms with Crippen LogP contribution >= 0.6 is 0 Å². The lowest BCUT2D eigenvalue weighted by atomic mass is 9.95. The summed E-state index contributed by atoms with van der Waals surface area (Å²) in [4.78, 5) is 14.7. The van der Waals surface area contributed by atoms with Crippen molar-refractivity contribution in [2.24, 2.45) is 17.6 Å². The van der Waals surface area contributed by atoms with Crippen molar-refractivity contribution in [1.29, 1.82) is 0 Å². The van der Waals surface area contributed by atoms with Gasteiger partial charge in [-0.05, 0) is 56.3 Å². The van der Waals surface area contributed by atoms with Crippen LogP contribution in [0.2, 0.25) is 0 Å². The Morgan fingerprint density at radius 2 is 1.92 bits per heavy atom. The zero-order valence-electron chi connectivity index (χ0n) is 14.1. The number of carbonyl (C=O) groups excluding carboxylic acids is 1. The third kappa shape index (κ3) is 3.92. The van der Waals surface area contributed by atoms with Gasteiger partial charge in [0.15, 0.2) is 0 Å². The molecule has 1 amide bonds. The molecule has 0 bridgehead atoms. The lowest BCUT2D eigenvalue weighted by molar-refractivity contribution is -0.137. The Labute approximate surface area is 145 Å². The zero-order chi connectivity index (χ0) is 18.0. The minimum absolute atomic E-state index is 0.112. The van der Waals surface area contributed by atoms with E-state index in [1.54, 1.807) is 0 Å². The van der Waals surface area contributed by atoms with Gasteiger partial charge >= 0.3 is 6.18 Å². The first kappa shape index (κ1) is 18.0. The van der Waals surface area contributed by atoms with Gasteiger partial charge in [-0.15, -0.1) is 0 Å². The molecule has 2 atom stereocenters. The standard InChI is InChI=1S/C18H24F3N3O/c19-18(20,21)13-6-7-16(24-8-1-2-9-24)15(10-13)23-17(25)14-5-3-4-12(14)11-22/h6-7,10,12,14H,1-5,8-9,11,22H2,(H,23,25)/t12-,14-/m1/s1. The van der Waals surface area contributed by atoms with Gasteiger partial charge in [-0.2, -0.15) is 13.2 Å². The Bertz CT molecular complexity index is 626. The molecule has 2 aliphatic rings. The van der Waals surface area contributed by atoms with Crippen molar-refractivity contribution in [2.75, 3.05) is 29.9 Å². The first-order chi connectivity index (χ1) is 11.9. The molecule has 1 saturated heterocycles. The van der Waals surface area contributed by atoms with Crippen LogP contribution in [0.1, 0.15) is 37.7 Å². The molecule has 1 saturated carbocycles. The maximum Gasteiger partial charge on any atom is 0.416 e. The number of benzene rings is 1. The second-order valence-electron chi connectivity index (χ2n) is 6.95. The van der Waals surface area contributed by atoms with Crippen LogP contribution in [0, 0.1) is 11.8 Å². The van der Waals surface area contributed by atoms with E-state index in [1.165, 1.54) is 6.07 Å². The summed E-state index contributed by atoms with van der Waals surface area (Å²) >= 11 is 0. The number of carbonyl (C=O) groups is 1. The van der Waals surface area contributed by atoms with Crippen molar-refractivity contribution in [3.63, 3.8) is 0 Å². The Hall–Kier alpha value is -1.76. The van der Waals surface area contributed by atoms with Crippen LogP contribution < -0.4 is 16.0 Å². The van der Waals surface area contributed by atoms with Gasteiger partial charge in [-0.25, -0.2) is 0 Å². The summed E-state index contributed by atoms with van der Waals surface area (Å²) in [6, 6.07) is 3.61. The van der Waals surface area contributed by atoms with Crippen LogP contribution in [0.3, 0.4) is 0 Å². The number of nitrogens with one attached hydrogen (secondary N) is 1. The molecule has 0 aromatic heterocycles. The van der Waals surface area contributed by atoms with E-state index in [1.807, 2.05) is 4.90 Å². The van der Waals surface area contributed by atoms with Crippen LogP contribution in [0.15, 0.2) is 18.2 Å². The number of anilines is 2. The monoisotopic (exact) mass is 355 g/mol. The number of nitrogens with two attached hydrogens (primary N) is 1. The molecular weight excluding hydrogens is 331 g/mol. The highest BCUT2D eigenvalue weighted by Gasteiger charge is 2.34. The van der Waals surface area contributed by atoms with Gasteiger partial charge in [0.25, 0.3) is 0 Å². The molecule has 7 heteroatoms. The number of alkyl halides is 3. The van der Waals surface area contributed by atoms with E-state index in [0.717, 1.165) is 57.3 Å². The predicted octanol–water partition coefficient (Wildman–Crippen LogP) is 3.62. The summed E-state index contributed by atoms with van der Waals surface area (Å²) < 4.78 is 39.3. The largest absolute Gasteiger partial charge is 0.416 e. The van der Waals surface area contributed by atoms with Crippen molar-refractivity contribution in [3.8, 4) is 0 Å². The fourth-order valence-electron chi connectivity index (χ4n) is 3.94. The van der Waals surface area contributed by atoms with Gasteiger partial charge in [0, 0.05) is 19.0 Å². The highest BCUT2D eigenvalue weighted by atomic mass is 19.4. The Morgan fingerprint density at radius 1 is 1.20 bits per heavy atom. The third-order valence-corrected chi connectivity index (χ3v) is 5.33. The minimum atomic E-state index is -4.43. The lowest BCUT2D eigenvalue weighted by Gasteiger charge is -2.24. The summed E-state index contributed by atoms with van der Waals surface area (Å²) in [7, 11) is 0. The third-order valence-electron chi connectivity index (χ3n) is 5.33. The van der Waals surface area contributed by atoms with Gasteiger partial charge in [0.1, 0.15) is 0 Å². The van der Waals surface area contributed by atoms with Crippen LogP contribution in [0.4, 0.5) is 24.5 Å². The summed E-state index contributed by atoms with van der Waals surface area (Å²) in [5.41, 5.74) is 5.91. The quantitative estimate of drug-likeness (QED) is 0.867. The fourth-order valence-corrected chi connectivity index (χ4v) is 3.94. The highest BCUT2D eigenvalue weighted by Crippen LogP contribution is 2.38. The normalized spacial score (nSPS) is 23.9. The molecular formula is C18H24F3N3O. The van der Waals surface area contributed by atoms with Gasteiger partial charge in [0.2, 0.25) is 5.91 Å². The second kappa shape index (κ2) is 7.23. The second-order valence-corrected chi connectivity index (χ2v) is 6.95. The predicted molar refractivity (Wildman–Crippen MR) is 91.4 cm³/mol. The number of nitrogens with zero attached hydrogens (tertiary/aromatic N) is 1. The van der Waals surface area contributed by atoms with E-state index in [9.17, 15) is 18.0 Å². The average Bonchev–Trinajstić information content (AvgIpc) is 3.25. The van der Waals surface area contributed by atoms with Crippen molar-refractivity contribution < 1.29 is 18.0 Å². The molecule has 2 fully saturated rings. The van der Waals surface area contributed by atoms with E-state index in [-0.39, 0.29) is 23.4 Å². The van der Waals surface area contributed by atoms with E-state index < -0.39 is 11.7 Å². The number of hydrogen-bond acceptors (Lipinski definition) is 3. The van der Waals surface area contributed by atoms with Crippen LogP contribution in [-0.4, -0.2) is 25.5 Å². The average molecular weight is 355 g/mol. The Kier molecular flexibility index (Phi) is 5.22. The summed E-state index contributed by atoms with van der Waals surface area (Å²) in [5.74, 6) is -0.320. The molecule has 1 aliphatic carbocycles.